The van der Waals surface area contributed by atoms with Gasteiger partial charge in [0, 0.05) is 37.8 Å². The predicted molar refractivity (Wildman–Crippen MR) is 94.1 cm³/mol. The smallest absolute Gasteiger partial charge is 0.246 e. The fraction of sp³-hybridized carbons (Fsp3) is 0.500. The van der Waals surface area contributed by atoms with E-state index < -0.39 is 0 Å². The van der Waals surface area contributed by atoms with Gasteiger partial charge in [0.25, 0.3) is 0 Å². The Kier molecular flexibility index (Phi) is 3.75. The van der Waals surface area contributed by atoms with E-state index in [0.717, 1.165) is 49.3 Å². The monoisotopic (exact) mass is 325 g/mol. The lowest BCUT2D eigenvalue weighted by Gasteiger charge is -2.42. The Labute approximate surface area is 141 Å². The van der Waals surface area contributed by atoms with Crippen molar-refractivity contribution in [2.75, 3.05) is 24.5 Å². The molecule has 2 aliphatic rings. The average molecular weight is 325 g/mol. The normalized spacial score (nSPS) is 24.1. The zero-order valence-corrected chi connectivity index (χ0v) is 14.2. The highest BCUT2D eigenvalue weighted by atomic mass is 16.2. The number of likely N-dealkylation sites (tertiary alicyclic amines) is 1. The first-order valence-electron chi connectivity index (χ1n) is 8.69. The summed E-state index contributed by atoms with van der Waals surface area (Å²) in [5.41, 5.74) is 2.21. The Morgan fingerprint density at radius 1 is 1.38 bits per heavy atom. The Morgan fingerprint density at radius 2 is 2.25 bits per heavy atom. The summed E-state index contributed by atoms with van der Waals surface area (Å²) in [5.74, 6) is 1.56. The number of H-pyrrole nitrogens is 1. The number of allylic oxidation sites excluding steroid dienone is 1. The number of carbonyl (C=O) groups is 1. The van der Waals surface area contributed by atoms with Gasteiger partial charge in [0.05, 0.1) is 5.39 Å². The minimum Gasteiger partial charge on any atom is -0.351 e. The molecule has 1 amide bonds. The minimum absolute atomic E-state index is 0.113. The van der Waals surface area contributed by atoms with Crippen molar-refractivity contribution in [1.29, 1.82) is 0 Å². The van der Waals surface area contributed by atoms with Gasteiger partial charge in [0.1, 0.15) is 17.8 Å². The molecule has 0 aromatic carbocycles. The summed E-state index contributed by atoms with van der Waals surface area (Å²) in [7, 11) is 0. The molecule has 4 rings (SSSR count). The van der Waals surface area contributed by atoms with Crippen LogP contribution in [-0.4, -0.2) is 51.4 Å². The van der Waals surface area contributed by atoms with Gasteiger partial charge in [-0.3, -0.25) is 4.79 Å². The van der Waals surface area contributed by atoms with Gasteiger partial charge in [-0.2, -0.15) is 0 Å². The number of hydrogen-bond donors (Lipinski definition) is 1. The highest BCUT2D eigenvalue weighted by molar-refractivity contribution is 5.93. The average Bonchev–Trinajstić information content (AvgIpc) is 3.04. The highest BCUT2D eigenvalue weighted by Crippen LogP contribution is 2.38. The maximum absolute atomic E-state index is 12.2. The van der Waals surface area contributed by atoms with Crippen LogP contribution in [0.15, 0.2) is 24.7 Å². The number of nitrogens with one attached hydrogen (secondary N) is 1. The van der Waals surface area contributed by atoms with Gasteiger partial charge in [0.15, 0.2) is 0 Å². The Morgan fingerprint density at radius 3 is 3.08 bits per heavy atom. The van der Waals surface area contributed by atoms with Crippen molar-refractivity contribution in [2.24, 2.45) is 0 Å². The number of rotatable bonds is 2. The number of aromatic nitrogens is 3. The van der Waals surface area contributed by atoms with Crippen LogP contribution in [0.25, 0.3) is 11.0 Å². The molecular weight excluding hydrogens is 302 g/mol. The van der Waals surface area contributed by atoms with E-state index in [1.807, 2.05) is 17.9 Å². The van der Waals surface area contributed by atoms with Crippen LogP contribution in [0.4, 0.5) is 5.82 Å². The summed E-state index contributed by atoms with van der Waals surface area (Å²) < 4.78 is 0. The van der Waals surface area contributed by atoms with E-state index in [4.69, 9.17) is 0 Å². The van der Waals surface area contributed by atoms with E-state index in [2.05, 4.69) is 33.0 Å². The SMILES string of the molecule is C/C=C/C(=O)N1CCC[C@@H](N2CC(C)c3c[nH]c4ncnc2c34)C1. The molecule has 2 atom stereocenters. The van der Waals surface area contributed by atoms with Crippen molar-refractivity contribution in [2.45, 2.75) is 38.6 Å². The third-order valence-corrected chi connectivity index (χ3v) is 5.21. The molecule has 1 N–H and O–H groups in total. The van der Waals surface area contributed by atoms with Crippen LogP contribution in [-0.2, 0) is 4.79 Å². The summed E-state index contributed by atoms with van der Waals surface area (Å²) in [6, 6.07) is 0.316. The molecule has 0 spiro atoms. The standard InChI is InChI=1S/C18H23N5O/c1-3-5-15(24)22-7-4-6-13(10-22)23-9-12(2)14-8-19-17-16(14)18(23)21-11-20-17/h3,5,8,11-13H,4,6-7,9-10H2,1-2H3,(H,19,20,21)/b5-3+/t12?,13-/m1/s1. The molecule has 1 fully saturated rings. The van der Waals surface area contributed by atoms with Crippen LogP contribution < -0.4 is 4.90 Å². The van der Waals surface area contributed by atoms with E-state index in [1.54, 1.807) is 12.4 Å². The first kappa shape index (κ1) is 15.2. The summed E-state index contributed by atoms with van der Waals surface area (Å²) in [6.07, 6.45) is 9.30. The molecule has 1 unspecified atom stereocenters. The van der Waals surface area contributed by atoms with E-state index in [0.29, 0.717) is 12.0 Å². The molecule has 6 nitrogen and oxygen atoms in total. The Bertz CT molecular complexity index is 796. The molecule has 0 aliphatic carbocycles. The third-order valence-electron chi connectivity index (χ3n) is 5.21. The Hall–Kier alpha value is -2.37. The van der Waals surface area contributed by atoms with Crippen LogP contribution >= 0.6 is 0 Å². The molecule has 6 heteroatoms. The largest absolute Gasteiger partial charge is 0.351 e. The van der Waals surface area contributed by atoms with Gasteiger partial charge < -0.3 is 14.8 Å². The van der Waals surface area contributed by atoms with Gasteiger partial charge in [-0.1, -0.05) is 13.0 Å². The highest BCUT2D eigenvalue weighted by Gasteiger charge is 2.34. The second kappa shape index (κ2) is 5.92. The molecule has 24 heavy (non-hydrogen) atoms. The molecule has 2 aromatic rings. The zero-order chi connectivity index (χ0) is 16.7. The number of anilines is 1. The van der Waals surface area contributed by atoms with Gasteiger partial charge in [-0.05, 0) is 31.4 Å². The molecule has 4 heterocycles. The van der Waals surface area contributed by atoms with Crippen LogP contribution in [0.2, 0.25) is 0 Å². The van der Waals surface area contributed by atoms with Crippen molar-refractivity contribution in [3.63, 3.8) is 0 Å². The molecule has 0 saturated carbocycles. The maximum Gasteiger partial charge on any atom is 0.246 e. The summed E-state index contributed by atoms with van der Waals surface area (Å²) in [4.78, 5) is 28.8. The molecule has 2 aromatic heterocycles. The van der Waals surface area contributed by atoms with Crippen molar-refractivity contribution in [3.05, 3.63) is 30.2 Å². The lowest BCUT2D eigenvalue weighted by Crippen LogP contribution is -2.51. The topological polar surface area (TPSA) is 65.1 Å². The number of hydrogen-bond acceptors (Lipinski definition) is 4. The van der Waals surface area contributed by atoms with Crippen LogP contribution in [0.1, 0.15) is 38.2 Å². The number of nitrogens with zero attached hydrogens (tertiary/aromatic N) is 4. The molecular formula is C18H23N5O. The zero-order valence-electron chi connectivity index (χ0n) is 14.2. The van der Waals surface area contributed by atoms with Gasteiger partial charge >= 0.3 is 0 Å². The lowest BCUT2D eigenvalue weighted by atomic mass is 9.93. The molecule has 0 bridgehead atoms. The molecule has 0 radical (unpaired) electrons. The number of piperidine rings is 1. The molecule has 126 valence electrons. The van der Waals surface area contributed by atoms with Gasteiger partial charge in [0.2, 0.25) is 5.91 Å². The van der Waals surface area contributed by atoms with E-state index in [-0.39, 0.29) is 5.91 Å². The minimum atomic E-state index is 0.113. The molecule has 1 saturated heterocycles. The van der Waals surface area contributed by atoms with E-state index >= 15 is 0 Å². The summed E-state index contributed by atoms with van der Waals surface area (Å²) >= 11 is 0. The number of aromatic amines is 1. The first-order chi connectivity index (χ1) is 11.7. The molecule has 2 aliphatic heterocycles. The van der Waals surface area contributed by atoms with E-state index in [1.165, 1.54) is 5.56 Å². The predicted octanol–water partition coefficient (Wildman–Crippen LogP) is 2.45. The second-order valence-electron chi connectivity index (χ2n) is 6.80. The van der Waals surface area contributed by atoms with Crippen molar-refractivity contribution >= 4 is 22.8 Å². The van der Waals surface area contributed by atoms with Crippen LogP contribution in [0.3, 0.4) is 0 Å². The summed E-state index contributed by atoms with van der Waals surface area (Å²) in [6.45, 7) is 6.68. The van der Waals surface area contributed by atoms with Gasteiger partial charge in [-0.25, -0.2) is 9.97 Å². The third kappa shape index (κ3) is 2.37. The number of amides is 1. The van der Waals surface area contributed by atoms with Crippen molar-refractivity contribution in [1.82, 2.24) is 19.9 Å². The van der Waals surface area contributed by atoms with Gasteiger partial charge in [-0.15, -0.1) is 0 Å². The summed E-state index contributed by atoms with van der Waals surface area (Å²) in [5, 5.41) is 1.15. The van der Waals surface area contributed by atoms with Crippen molar-refractivity contribution < 1.29 is 4.79 Å². The second-order valence-corrected chi connectivity index (χ2v) is 6.80. The fourth-order valence-electron chi connectivity index (χ4n) is 4.04. The lowest BCUT2D eigenvalue weighted by molar-refractivity contribution is -0.127. The van der Waals surface area contributed by atoms with Crippen molar-refractivity contribution in [3.8, 4) is 0 Å². The number of carbonyl (C=O) groups excluding carboxylic acids is 1. The first-order valence-corrected chi connectivity index (χ1v) is 8.69. The quantitative estimate of drug-likeness (QED) is 0.862. The van der Waals surface area contributed by atoms with Crippen LogP contribution in [0, 0.1) is 0 Å². The van der Waals surface area contributed by atoms with E-state index in [9.17, 15) is 4.79 Å². The Balaban J connectivity index is 1.66. The van der Waals surface area contributed by atoms with Crippen LogP contribution in [0.5, 0.6) is 0 Å². The maximum atomic E-state index is 12.2. The fourth-order valence-corrected chi connectivity index (χ4v) is 4.04.